The number of hydrogen-bond donors (Lipinski definition) is 0. The summed E-state index contributed by atoms with van der Waals surface area (Å²) in [7, 11) is 10.0. The van der Waals surface area contributed by atoms with Crippen LogP contribution in [0.2, 0.25) is 0 Å². The van der Waals surface area contributed by atoms with Gasteiger partial charge < -0.3 is 0 Å². The average molecular weight is 164 g/mol. The van der Waals surface area contributed by atoms with E-state index in [0.717, 1.165) is 17.0 Å². The first-order valence-electron chi connectivity index (χ1n) is 2.59. The third-order valence-electron chi connectivity index (χ3n) is 0.438. The van der Waals surface area contributed by atoms with Gasteiger partial charge in [0.1, 0.15) is 0 Å². The Bertz CT molecular complexity index is 114. The van der Waals surface area contributed by atoms with Crippen molar-refractivity contribution < 1.29 is 0 Å². The molecule has 0 fully saturated rings. The zero-order chi connectivity index (χ0) is 7.28. The van der Waals surface area contributed by atoms with Crippen LogP contribution in [0.3, 0.4) is 0 Å². The molecule has 0 radical (unpaired) electrons. The van der Waals surface area contributed by atoms with Gasteiger partial charge in [0.15, 0.2) is 0 Å². The van der Waals surface area contributed by atoms with E-state index in [4.69, 9.17) is 0 Å². The zero-order valence-corrected chi connectivity index (χ0v) is 8.02. The van der Waals surface area contributed by atoms with Crippen molar-refractivity contribution in [1.29, 1.82) is 0 Å². The Kier molecular flexibility index (Phi) is 5.18. The van der Waals surface area contributed by atoms with Crippen LogP contribution < -0.4 is 4.17 Å². The summed E-state index contributed by atoms with van der Waals surface area (Å²) in [6.45, 7) is 0. The SMILES string of the molecule is CN(C)P=[N+]=PN(C)C. The third-order valence-corrected chi connectivity index (χ3v) is 1.79. The van der Waals surface area contributed by atoms with Crippen molar-refractivity contribution in [2.75, 3.05) is 28.2 Å². The molecule has 0 unspecified atom stereocenters. The highest BCUT2D eigenvalue weighted by Crippen LogP contribution is 1.99. The lowest BCUT2D eigenvalue weighted by Gasteiger charge is -1.84. The monoisotopic (exact) mass is 164 g/mol. The van der Waals surface area contributed by atoms with Gasteiger partial charge in [0.05, 0.1) is 0 Å². The van der Waals surface area contributed by atoms with Crippen molar-refractivity contribution in [3.8, 4) is 0 Å². The standard InChI is InChI=1S/C4H12N3P2/c1-6(2)8-5-9-7(3)4/h1-4H3/q+1. The Balaban J connectivity index is 3.67. The Labute approximate surface area is 59.6 Å². The molecule has 0 aliphatic rings. The average Bonchev–Trinajstić information content (AvgIpc) is 1.63. The third kappa shape index (κ3) is 8.23. The molecule has 3 nitrogen and oxygen atoms in total. The topological polar surface area (TPSA) is 20.6 Å². The smallest absolute Gasteiger partial charge is 0.193 e. The molecule has 0 aromatic heterocycles. The van der Waals surface area contributed by atoms with Crippen LogP contribution in [0.25, 0.3) is 0 Å². The van der Waals surface area contributed by atoms with Crippen molar-refractivity contribution in [2.24, 2.45) is 0 Å². The second-order valence-electron chi connectivity index (χ2n) is 1.96. The molecular formula is C4H12N3P2+. The maximum atomic E-state index is 4.17. The largest absolute Gasteiger partial charge is 0.463 e. The normalized spacial score (nSPS) is 11.3. The van der Waals surface area contributed by atoms with Gasteiger partial charge in [-0.05, 0) is 4.17 Å². The van der Waals surface area contributed by atoms with E-state index in [1.54, 1.807) is 0 Å². The van der Waals surface area contributed by atoms with Gasteiger partial charge in [-0.2, -0.15) is 9.34 Å². The first kappa shape index (κ1) is 9.23. The van der Waals surface area contributed by atoms with E-state index in [1.165, 1.54) is 0 Å². The summed E-state index contributed by atoms with van der Waals surface area (Å²) in [5.41, 5.74) is 0. The maximum Gasteiger partial charge on any atom is 0.463 e. The van der Waals surface area contributed by atoms with Crippen LogP contribution >= 0.6 is 17.0 Å². The fourth-order valence-corrected chi connectivity index (χ4v) is 1.60. The molecule has 0 aromatic carbocycles. The summed E-state index contributed by atoms with van der Waals surface area (Å²) in [4.78, 5) is 0. The fraction of sp³-hybridized carbons (Fsp3) is 1.00. The minimum atomic E-state index is 1.02. The molecule has 0 rings (SSSR count). The predicted molar refractivity (Wildman–Crippen MR) is 43.3 cm³/mol. The van der Waals surface area contributed by atoms with E-state index < -0.39 is 0 Å². The molecule has 0 saturated heterocycles. The van der Waals surface area contributed by atoms with Crippen molar-refractivity contribution >= 4 is 17.0 Å². The second-order valence-corrected chi connectivity index (χ2v) is 4.64. The molecule has 0 atom stereocenters. The summed E-state index contributed by atoms with van der Waals surface area (Å²) in [5, 5.41) is 0. The summed E-state index contributed by atoms with van der Waals surface area (Å²) in [5.74, 6) is 0. The van der Waals surface area contributed by atoms with E-state index >= 15 is 0 Å². The van der Waals surface area contributed by atoms with E-state index in [2.05, 4.69) is 4.17 Å². The van der Waals surface area contributed by atoms with Gasteiger partial charge >= 0.3 is 17.0 Å². The molecule has 0 aromatic rings. The van der Waals surface area contributed by atoms with Gasteiger partial charge in [0.25, 0.3) is 0 Å². The molecule has 0 bridgehead atoms. The van der Waals surface area contributed by atoms with E-state index in [0.29, 0.717) is 0 Å². The molecule has 0 N–H and O–H groups in total. The predicted octanol–water partition coefficient (Wildman–Crippen LogP) is 1.27. The van der Waals surface area contributed by atoms with Crippen LogP contribution in [-0.4, -0.2) is 37.5 Å². The lowest BCUT2D eigenvalue weighted by atomic mass is 11.3. The Morgan fingerprint density at radius 3 is 1.44 bits per heavy atom. The molecule has 0 saturated carbocycles. The Morgan fingerprint density at radius 1 is 0.889 bits per heavy atom. The summed E-state index contributed by atoms with van der Waals surface area (Å²) >= 11 is 0. The highest BCUT2D eigenvalue weighted by Gasteiger charge is 1.92. The van der Waals surface area contributed by atoms with Crippen LogP contribution in [0.1, 0.15) is 0 Å². The number of hydrogen-bond acceptors (Lipinski definition) is 0. The first-order valence-corrected chi connectivity index (χ1v) is 4.19. The van der Waals surface area contributed by atoms with Crippen LogP contribution in [0.5, 0.6) is 0 Å². The molecule has 0 amide bonds. The van der Waals surface area contributed by atoms with Crippen LogP contribution in [0.4, 0.5) is 0 Å². The van der Waals surface area contributed by atoms with Gasteiger partial charge in [-0.25, -0.2) is 0 Å². The van der Waals surface area contributed by atoms with Crippen molar-refractivity contribution in [3.63, 3.8) is 0 Å². The highest BCUT2D eigenvalue weighted by atomic mass is 31.1. The Hall–Kier alpha value is 0.230. The minimum absolute atomic E-state index is 1.02. The van der Waals surface area contributed by atoms with Crippen LogP contribution in [-0.2, 0) is 0 Å². The Morgan fingerprint density at radius 2 is 1.22 bits per heavy atom. The van der Waals surface area contributed by atoms with Crippen LogP contribution in [0, 0.1) is 0 Å². The lowest BCUT2D eigenvalue weighted by molar-refractivity contribution is 0.690. The summed E-state index contributed by atoms with van der Waals surface area (Å²) < 4.78 is 8.19. The molecule has 0 spiro atoms. The molecular weight excluding hydrogens is 152 g/mol. The molecule has 0 aliphatic carbocycles. The van der Waals surface area contributed by atoms with Crippen LogP contribution in [0.15, 0.2) is 0 Å². The molecule has 0 aliphatic heterocycles. The van der Waals surface area contributed by atoms with E-state index in [9.17, 15) is 0 Å². The second kappa shape index (κ2) is 5.05. The van der Waals surface area contributed by atoms with Crippen molar-refractivity contribution in [3.05, 3.63) is 0 Å². The zero-order valence-electron chi connectivity index (χ0n) is 6.24. The quantitative estimate of drug-likeness (QED) is 0.452. The van der Waals surface area contributed by atoms with Gasteiger partial charge in [-0.1, -0.05) is 0 Å². The summed E-state index contributed by atoms with van der Waals surface area (Å²) in [6, 6.07) is 0. The van der Waals surface area contributed by atoms with Crippen molar-refractivity contribution in [2.45, 2.75) is 0 Å². The summed E-state index contributed by atoms with van der Waals surface area (Å²) in [6.07, 6.45) is 0. The van der Waals surface area contributed by atoms with Gasteiger partial charge in [0, 0.05) is 28.2 Å². The highest BCUT2D eigenvalue weighted by molar-refractivity contribution is 7.31. The van der Waals surface area contributed by atoms with Crippen molar-refractivity contribution in [1.82, 2.24) is 13.5 Å². The van der Waals surface area contributed by atoms with Gasteiger partial charge in [-0.15, -0.1) is 0 Å². The van der Waals surface area contributed by atoms with Gasteiger partial charge in [0.2, 0.25) is 0 Å². The fourth-order valence-electron chi connectivity index (χ4n) is 0.178. The lowest BCUT2D eigenvalue weighted by Crippen LogP contribution is -1.94. The van der Waals surface area contributed by atoms with E-state index in [1.807, 2.05) is 37.5 Å². The molecule has 5 heteroatoms. The van der Waals surface area contributed by atoms with E-state index in [-0.39, 0.29) is 0 Å². The van der Waals surface area contributed by atoms with Gasteiger partial charge in [-0.3, -0.25) is 0 Å². The number of nitrogens with zero attached hydrogens (tertiary/aromatic N) is 3. The molecule has 0 heterocycles. The maximum absolute atomic E-state index is 4.17. The molecule has 52 valence electrons. The first-order chi connectivity index (χ1) is 4.13. The number of rotatable bonds is 2. The molecule has 9 heavy (non-hydrogen) atoms. The minimum Gasteiger partial charge on any atom is -0.193 e.